The van der Waals surface area contributed by atoms with Crippen molar-refractivity contribution >= 4 is 11.8 Å². The van der Waals surface area contributed by atoms with Crippen LogP contribution in [-0.2, 0) is 11.3 Å². The molecule has 0 atom stereocenters. The van der Waals surface area contributed by atoms with E-state index >= 15 is 0 Å². The second kappa shape index (κ2) is 8.05. The van der Waals surface area contributed by atoms with Gasteiger partial charge in [0.25, 0.3) is 0 Å². The number of anilines is 1. The van der Waals surface area contributed by atoms with Crippen molar-refractivity contribution in [2.24, 2.45) is 5.84 Å². The molecule has 0 fully saturated rings. The summed E-state index contributed by atoms with van der Waals surface area (Å²) in [5.41, 5.74) is 1.53. The van der Waals surface area contributed by atoms with Crippen molar-refractivity contribution in [3.63, 3.8) is 0 Å². The second-order valence-corrected chi connectivity index (χ2v) is 4.70. The number of nitrogens with zero attached hydrogens (tertiary/aromatic N) is 1. The number of carbonyl (C=O) groups is 1. The van der Waals surface area contributed by atoms with Crippen LogP contribution >= 0.6 is 0 Å². The summed E-state index contributed by atoms with van der Waals surface area (Å²) in [4.78, 5) is 11.5. The summed E-state index contributed by atoms with van der Waals surface area (Å²) in [6.07, 6.45) is -0.599. The lowest BCUT2D eigenvalue weighted by Crippen LogP contribution is -2.37. The fourth-order valence-corrected chi connectivity index (χ4v) is 1.93. The van der Waals surface area contributed by atoms with Gasteiger partial charge in [-0.3, -0.25) is 0 Å². The van der Waals surface area contributed by atoms with Crippen molar-refractivity contribution in [3.05, 3.63) is 54.1 Å². The highest BCUT2D eigenvalue weighted by molar-refractivity contribution is 5.86. The molecule has 0 aliphatic heterocycles. The molecule has 23 heavy (non-hydrogen) atoms. The number of hydrazine groups is 1. The summed E-state index contributed by atoms with van der Waals surface area (Å²) in [6.45, 7) is 2.41. The highest BCUT2D eigenvalue weighted by atomic mass is 16.6. The van der Waals surface area contributed by atoms with Crippen LogP contribution in [0.3, 0.4) is 0 Å². The third-order valence-electron chi connectivity index (χ3n) is 3.12. The molecule has 0 spiro atoms. The summed E-state index contributed by atoms with van der Waals surface area (Å²) in [7, 11) is 1.63. The Labute approximate surface area is 135 Å². The van der Waals surface area contributed by atoms with Gasteiger partial charge in [0.05, 0.1) is 19.4 Å². The minimum atomic E-state index is -0.599. The smallest absolute Gasteiger partial charge is 0.428 e. The van der Waals surface area contributed by atoms with Gasteiger partial charge >= 0.3 is 6.09 Å². The Hall–Kier alpha value is -2.73. The largest absolute Gasteiger partial charge is 0.497 e. The Bertz CT molecular complexity index is 643. The minimum absolute atomic E-state index is 0.272. The number of nitrogens with two attached hydrogens (primary N) is 1. The van der Waals surface area contributed by atoms with Crippen LogP contribution in [-0.4, -0.2) is 19.8 Å². The van der Waals surface area contributed by atoms with Crippen LogP contribution in [0.15, 0.2) is 48.5 Å². The normalized spacial score (nSPS) is 10.0. The zero-order chi connectivity index (χ0) is 16.7. The van der Waals surface area contributed by atoms with Gasteiger partial charge in [-0.2, -0.15) is 0 Å². The SMILES string of the molecule is CCOC(=O)N(N)c1ccc(OCc2cccc(OC)c2)cc1. The summed E-state index contributed by atoms with van der Waals surface area (Å²) in [6, 6.07) is 14.5. The first-order valence-corrected chi connectivity index (χ1v) is 7.21. The monoisotopic (exact) mass is 316 g/mol. The Kier molecular flexibility index (Phi) is 5.82. The molecule has 2 rings (SSSR count). The fourth-order valence-electron chi connectivity index (χ4n) is 1.93. The third kappa shape index (κ3) is 4.62. The van der Waals surface area contributed by atoms with Crippen LogP contribution in [0.2, 0.25) is 0 Å². The van der Waals surface area contributed by atoms with Gasteiger partial charge < -0.3 is 14.2 Å². The standard InChI is InChI=1S/C17H20N2O4/c1-3-22-17(20)19(18)14-7-9-15(10-8-14)23-12-13-5-4-6-16(11-13)21-2/h4-11H,3,12,18H2,1-2H3. The van der Waals surface area contributed by atoms with E-state index in [1.165, 1.54) is 0 Å². The predicted molar refractivity (Wildman–Crippen MR) is 87.5 cm³/mol. The van der Waals surface area contributed by atoms with Crippen LogP contribution in [0.25, 0.3) is 0 Å². The zero-order valence-electron chi connectivity index (χ0n) is 13.2. The Morgan fingerprint density at radius 1 is 1.13 bits per heavy atom. The number of benzene rings is 2. The Morgan fingerprint density at radius 2 is 1.87 bits per heavy atom. The molecule has 0 unspecified atom stereocenters. The van der Waals surface area contributed by atoms with Crippen molar-refractivity contribution in [1.29, 1.82) is 0 Å². The molecule has 6 heteroatoms. The van der Waals surface area contributed by atoms with Crippen LogP contribution in [0, 0.1) is 0 Å². The summed E-state index contributed by atoms with van der Waals surface area (Å²) in [5.74, 6) is 7.14. The second-order valence-electron chi connectivity index (χ2n) is 4.70. The maximum Gasteiger partial charge on any atom is 0.428 e. The van der Waals surface area contributed by atoms with Crippen LogP contribution in [0.1, 0.15) is 12.5 Å². The van der Waals surface area contributed by atoms with Gasteiger partial charge in [-0.15, -0.1) is 0 Å². The Balaban J connectivity index is 1.95. The maximum atomic E-state index is 11.5. The van der Waals surface area contributed by atoms with Gasteiger partial charge in [0, 0.05) is 0 Å². The quantitative estimate of drug-likeness (QED) is 0.503. The average Bonchev–Trinajstić information content (AvgIpc) is 2.60. The Morgan fingerprint density at radius 3 is 2.52 bits per heavy atom. The maximum absolute atomic E-state index is 11.5. The van der Waals surface area contributed by atoms with Crippen molar-refractivity contribution in [3.8, 4) is 11.5 Å². The molecule has 2 aromatic carbocycles. The van der Waals surface area contributed by atoms with E-state index in [0.717, 1.165) is 16.3 Å². The molecule has 122 valence electrons. The van der Waals surface area contributed by atoms with Gasteiger partial charge in [-0.05, 0) is 48.9 Å². The van der Waals surface area contributed by atoms with E-state index in [2.05, 4.69) is 0 Å². The van der Waals surface area contributed by atoms with Crippen molar-refractivity contribution in [1.82, 2.24) is 0 Å². The summed E-state index contributed by atoms with van der Waals surface area (Å²) >= 11 is 0. The van der Waals surface area contributed by atoms with E-state index in [-0.39, 0.29) is 6.61 Å². The molecule has 0 saturated heterocycles. The predicted octanol–water partition coefficient (Wildman–Crippen LogP) is 3.11. The van der Waals surface area contributed by atoms with Crippen molar-refractivity contribution in [2.45, 2.75) is 13.5 Å². The number of hydrogen-bond acceptors (Lipinski definition) is 5. The molecule has 0 aliphatic carbocycles. The van der Waals surface area contributed by atoms with Crippen LogP contribution < -0.4 is 20.3 Å². The highest BCUT2D eigenvalue weighted by Crippen LogP contribution is 2.20. The number of methoxy groups -OCH3 is 1. The topological polar surface area (TPSA) is 74.0 Å². The molecule has 2 N–H and O–H groups in total. The minimum Gasteiger partial charge on any atom is -0.497 e. The van der Waals surface area contributed by atoms with E-state index in [4.69, 9.17) is 20.1 Å². The third-order valence-corrected chi connectivity index (χ3v) is 3.12. The zero-order valence-corrected chi connectivity index (χ0v) is 13.2. The fraction of sp³-hybridized carbons (Fsp3) is 0.235. The molecular formula is C17H20N2O4. The lowest BCUT2D eigenvalue weighted by molar-refractivity contribution is 0.160. The number of amides is 1. The molecule has 0 radical (unpaired) electrons. The molecule has 0 aromatic heterocycles. The van der Waals surface area contributed by atoms with Gasteiger partial charge in [-0.25, -0.2) is 15.6 Å². The summed E-state index contributed by atoms with van der Waals surface area (Å²) < 4.78 is 15.7. The average molecular weight is 316 g/mol. The lowest BCUT2D eigenvalue weighted by atomic mass is 10.2. The molecule has 0 bridgehead atoms. The molecule has 1 amide bonds. The van der Waals surface area contributed by atoms with Gasteiger partial charge in [0.1, 0.15) is 18.1 Å². The number of carbonyl (C=O) groups excluding carboxylic acids is 1. The first-order chi connectivity index (χ1) is 11.1. The first kappa shape index (κ1) is 16.6. The van der Waals surface area contributed by atoms with Crippen LogP contribution in [0.4, 0.5) is 10.5 Å². The van der Waals surface area contributed by atoms with E-state index in [9.17, 15) is 4.79 Å². The van der Waals surface area contributed by atoms with Crippen LogP contribution in [0.5, 0.6) is 11.5 Å². The molecular weight excluding hydrogens is 296 g/mol. The van der Waals surface area contributed by atoms with Gasteiger partial charge in [0.2, 0.25) is 0 Å². The van der Waals surface area contributed by atoms with E-state index in [1.54, 1.807) is 38.3 Å². The first-order valence-electron chi connectivity index (χ1n) is 7.21. The molecule has 0 heterocycles. The molecule has 0 saturated carbocycles. The van der Waals surface area contributed by atoms with E-state index < -0.39 is 6.09 Å². The van der Waals surface area contributed by atoms with Gasteiger partial charge in [-0.1, -0.05) is 12.1 Å². The summed E-state index contributed by atoms with van der Waals surface area (Å²) in [5, 5.41) is 0.954. The van der Waals surface area contributed by atoms with Gasteiger partial charge in [0.15, 0.2) is 0 Å². The van der Waals surface area contributed by atoms with Crippen molar-refractivity contribution in [2.75, 3.05) is 18.7 Å². The number of ether oxygens (including phenoxy) is 3. The van der Waals surface area contributed by atoms with Crippen molar-refractivity contribution < 1.29 is 19.0 Å². The molecule has 2 aromatic rings. The van der Waals surface area contributed by atoms with E-state index in [1.807, 2.05) is 24.3 Å². The molecule has 6 nitrogen and oxygen atoms in total. The number of hydrogen-bond donors (Lipinski definition) is 1. The van der Waals surface area contributed by atoms with E-state index in [0.29, 0.717) is 18.0 Å². The molecule has 0 aliphatic rings. The lowest BCUT2D eigenvalue weighted by Gasteiger charge is -2.16. The number of rotatable bonds is 6. The highest BCUT2D eigenvalue weighted by Gasteiger charge is 2.12.